The minimum absolute atomic E-state index is 0.0272. The molecule has 7 rings (SSSR count). The fraction of sp³-hybridized carbons (Fsp3) is 0.667. The van der Waals surface area contributed by atoms with Crippen LogP contribution in [0.1, 0.15) is 41.4 Å². The summed E-state index contributed by atoms with van der Waals surface area (Å²) in [7, 11) is 0. The quantitative estimate of drug-likeness (QED) is 0.529. The molecular formula is C30H41N7O6. The van der Waals surface area contributed by atoms with Crippen molar-refractivity contribution < 1.29 is 28.5 Å². The van der Waals surface area contributed by atoms with Crippen LogP contribution in [0, 0.1) is 0 Å². The first-order valence-corrected chi connectivity index (χ1v) is 15.6. The summed E-state index contributed by atoms with van der Waals surface area (Å²) in [5.74, 6) is 0.186. The average Bonchev–Trinajstić information content (AvgIpc) is 3.47. The molecule has 13 heteroatoms. The second-order valence-electron chi connectivity index (χ2n) is 12.1. The maximum atomic E-state index is 13.9. The van der Waals surface area contributed by atoms with E-state index in [1.165, 1.54) is 0 Å². The number of amides is 2. The molecule has 13 nitrogen and oxygen atoms in total. The van der Waals surface area contributed by atoms with Gasteiger partial charge in [-0.1, -0.05) is 17.3 Å². The third kappa shape index (κ3) is 6.27. The molecule has 43 heavy (non-hydrogen) atoms. The third-order valence-electron chi connectivity index (χ3n) is 9.37. The summed E-state index contributed by atoms with van der Waals surface area (Å²) in [5, 5.41) is 12.1. The molecular weight excluding hydrogens is 554 g/mol. The molecule has 0 unspecified atom stereocenters. The molecule has 4 atom stereocenters. The van der Waals surface area contributed by atoms with Crippen LogP contribution in [0.2, 0.25) is 0 Å². The zero-order valence-electron chi connectivity index (χ0n) is 24.5. The average molecular weight is 596 g/mol. The lowest BCUT2D eigenvalue weighted by molar-refractivity contribution is -0.134. The predicted octanol–water partition coefficient (Wildman–Crippen LogP) is 0.323. The van der Waals surface area contributed by atoms with Crippen LogP contribution < -0.4 is 10.1 Å². The molecule has 0 saturated carbocycles. The van der Waals surface area contributed by atoms with Crippen molar-refractivity contribution in [1.29, 1.82) is 0 Å². The van der Waals surface area contributed by atoms with Crippen molar-refractivity contribution in [2.24, 2.45) is 0 Å². The molecule has 2 amide bonds. The number of nitrogens with one attached hydrogen (secondary N) is 1. The molecule has 2 bridgehead atoms. The van der Waals surface area contributed by atoms with E-state index < -0.39 is 6.04 Å². The van der Waals surface area contributed by atoms with Gasteiger partial charge in [0.1, 0.15) is 11.8 Å². The lowest BCUT2D eigenvalue weighted by Crippen LogP contribution is -2.65. The first kappa shape index (κ1) is 28.7. The Labute approximate surface area is 251 Å². The number of nitrogens with zero attached hydrogens (tertiary/aromatic N) is 6. The van der Waals surface area contributed by atoms with Gasteiger partial charge in [-0.3, -0.25) is 19.4 Å². The van der Waals surface area contributed by atoms with Gasteiger partial charge >= 0.3 is 0 Å². The Morgan fingerprint density at radius 2 is 1.81 bits per heavy atom. The van der Waals surface area contributed by atoms with Crippen LogP contribution in [0.3, 0.4) is 0 Å². The Bertz CT molecular complexity index is 1280. The first-order valence-electron chi connectivity index (χ1n) is 15.6. The van der Waals surface area contributed by atoms with Crippen LogP contribution in [0.4, 0.5) is 0 Å². The van der Waals surface area contributed by atoms with Crippen LogP contribution >= 0.6 is 0 Å². The van der Waals surface area contributed by atoms with E-state index in [1.807, 2.05) is 29.1 Å². The van der Waals surface area contributed by atoms with E-state index in [1.54, 1.807) is 11.0 Å². The van der Waals surface area contributed by atoms with Gasteiger partial charge < -0.3 is 29.2 Å². The molecule has 4 fully saturated rings. The van der Waals surface area contributed by atoms with Crippen molar-refractivity contribution in [3.8, 4) is 5.75 Å². The van der Waals surface area contributed by atoms with E-state index in [9.17, 15) is 9.59 Å². The Balaban J connectivity index is 1.11. The molecule has 4 saturated heterocycles. The van der Waals surface area contributed by atoms with Crippen molar-refractivity contribution in [3.05, 3.63) is 41.7 Å². The Morgan fingerprint density at radius 1 is 0.953 bits per heavy atom. The maximum absolute atomic E-state index is 13.9. The summed E-state index contributed by atoms with van der Waals surface area (Å²) >= 11 is 0. The molecule has 2 aromatic rings. The van der Waals surface area contributed by atoms with Crippen molar-refractivity contribution in [1.82, 2.24) is 35.0 Å². The first-order chi connectivity index (χ1) is 21.1. The van der Waals surface area contributed by atoms with Crippen molar-refractivity contribution in [3.63, 3.8) is 0 Å². The second-order valence-corrected chi connectivity index (χ2v) is 12.1. The molecule has 5 aliphatic rings. The van der Waals surface area contributed by atoms with Crippen LogP contribution in [-0.2, 0) is 25.5 Å². The van der Waals surface area contributed by atoms with Crippen LogP contribution in [0.5, 0.6) is 5.75 Å². The lowest BCUT2D eigenvalue weighted by atomic mass is 9.96. The predicted molar refractivity (Wildman–Crippen MR) is 154 cm³/mol. The van der Waals surface area contributed by atoms with Crippen LogP contribution in [-0.4, -0.2) is 138 Å². The molecule has 6 heterocycles. The van der Waals surface area contributed by atoms with Gasteiger partial charge in [-0.2, -0.15) is 0 Å². The molecule has 1 N–H and O–H groups in total. The third-order valence-corrected chi connectivity index (χ3v) is 9.37. The van der Waals surface area contributed by atoms with Crippen LogP contribution in [0.15, 0.2) is 30.5 Å². The van der Waals surface area contributed by atoms with Crippen LogP contribution in [0.25, 0.3) is 0 Å². The number of fused-ring (bicyclic) bond motifs is 4. The van der Waals surface area contributed by atoms with Gasteiger partial charge in [-0.25, -0.2) is 4.68 Å². The normalized spacial score (nSPS) is 29.9. The SMILES string of the molecule is O=C1NC[C@H]2O[C@H](CCOc3ccccc3C(=O)N3CCN(C4COC4)C[C@@H]13)CC[C@H]2n1cc(CN2CCOCC2)nn1. The maximum Gasteiger partial charge on any atom is 0.258 e. The second kappa shape index (κ2) is 12.9. The topological polar surface area (TPSA) is 124 Å². The smallest absolute Gasteiger partial charge is 0.258 e. The number of carbonyl (C=O) groups excluding carboxylic acids is 2. The molecule has 232 valence electrons. The largest absolute Gasteiger partial charge is 0.493 e. The Kier molecular flexibility index (Phi) is 8.58. The number of morpholine rings is 1. The van der Waals surface area contributed by atoms with E-state index in [-0.39, 0.29) is 36.1 Å². The van der Waals surface area contributed by atoms with Gasteiger partial charge in [0.15, 0.2) is 0 Å². The number of benzene rings is 1. The summed E-state index contributed by atoms with van der Waals surface area (Å²) in [6.45, 7) is 7.64. The van der Waals surface area contributed by atoms with E-state index in [4.69, 9.17) is 18.9 Å². The molecule has 1 aromatic carbocycles. The molecule has 0 spiro atoms. The van der Waals surface area contributed by atoms with Gasteiger partial charge in [0.05, 0.1) is 74.8 Å². The minimum atomic E-state index is -0.637. The van der Waals surface area contributed by atoms with Gasteiger partial charge in [0.25, 0.3) is 5.91 Å². The monoisotopic (exact) mass is 595 g/mol. The highest BCUT2D eigenvalue weighted by atomic mass is 16.5. The highest BCUT2D eigenvalue weighted by molar-refractivity contribution is 6.00. The summed E-state index contributed by atoms with van der Waals surface area (Å²) < 4.78 is 25.6. The van der Waals surface area contributed by atoms with E-state index in [0.717, 1.165) is 51.4 Å². The van der Waals surface area contributed by atoms with E-state index in [2.05, 4.69) is 25.4 Å². The number of hydrogen-bond donors (Lipinski definition) is 1. The Hall–Kier alpha value is -3.10. The molecule has 1 aromatic heterocycles. The number of rotatable bonds is 4. The van der Waals surface area contributed by atoms with Gasteiger partial charge in [-0.05, 0) is 25.0 Å². The zero-order chi connectivity index (χ0) is 29.2. The van der Waals surface area contributed by atoms with Gasteiger partial charge in [-0.15, -0.1) is 5.10 Å². The summed E-state index contributed by atoms with van der Waals surface area (Å²) in [6, 6.07) is 6.90. The summed E-state index contributed by atoms with van der Waals surface area (Å²) in [5.41, 5.74) is 1.40. The zero-order valence-corrected chi connectivity index (χ0v) is 24.5. The standard InChI is InChI=1S/C30H41N7O6/c38-29-26-18-35(22-19-41-20-22)8-9-36(26)30(39)24-3-1-2-4-27(24)42-12-7-23-5-6-25(28(43-23)15-31-29)37-17-21(32-33-37)16-34-10-13-40-14-11-34/h1-4,17,22-23,25-26,28H,5-16,18-20H2,(H,31,38)/t23-,25+,26-,28+/m0/s1. The number of ether oxygens (including phenoxy) is 4. The fourth-order valence-electron chi connectivity index (χ4n) is 6.76. The number of hydrogen-bond acceptors (Lipinski definition) is 10. The molecule has 0 radical (unpaired) electrons. The molecule has 5 aliphatic heterocycles. The van der Waals surface area contributed by atoms with E-state index in [0.29, 0.717) is 63.7 Å². The van der Waals surface area contributed by atoms with Gasteiger partial charge in [0, 0.05) is 52.2 Å². The highest BCUT2D eigenvalue weighted by Crippen LogP contribution is 2.31. The van der Waals surface area contributed by atoms with Crippen molar-refractivity contribution >= 4 is 11.8 Å². The van der Waals surface area contributed by atoms with E-state index >= 15 is 0 Å². The number of para-hydroxylation sites is 1. The summed E-state index contributed by atoms with van der Waals surface area (Å²) in [4.78, 5) is 34.1. The molecule has 0 aliphatic carbocycles. The minimum Gasteiger partial charge on any atom is -0.493 e. The number of carbonyl (C=O) groups is 2. The summed E-state index contributed by atoms with van der Waals surface area (Å²) in [6.07, 6.45) is 4.07. The highest BCUT2D eigenvalue weighted by Gasteiger charge is 2.41. The van der Waals surface area contributed by atoms with Crippen molar-refractivity contribution in [2.75, 3.05) is 72.3 Å². The number of aromatic nitrogens is 3. The fourth-order valence-corrected chi connectivity index (χ4v) is 6.76. The Morgan fingerprint density at radius 3 is 2.65 bits per heavy atom. The van der Waals surface area contributed by atoms with Gasteiger partial charge in [0.2, 0.25) is 5.91 Å². The van der Waals surface area contributed by atoms with Crippen molar-refractivity contribution in [2.45, 2.75) is 56.1 Å². The lowest BCUT2D eigenvalue weighted by Gasteiger charge is -2.46. The number of piperazine rings is 1.